The molecular formula is C16H18FNO3. The van der Waals surface area contributed by atoms with Crippen LogP contribution in [0.5, 0.6) is 0 Å². The molecule has 1 fully saturated rings. The van der Waals surface area contributed by atoms with Gasteiger partial charge in [-0.3, -0.25) is 4.79 Å². The van der Waals surface area contributed by atoms with Gasteiger partial charge in [-0.15, -0.1) is 0 Å². The van der Waals surface area contributed by atoms with Crippen LogP contribution in [0.4, 0.5) is 4.39 Å². The van der Waals surface area contributed by atoms with Gasteiger partial charge in [0.05, 0.1) is 5.56 Å². The minimum Gasteiger partial charge on any atom is -0.478 e. The number of rotatable bonds is 6. The summed E-state index contributed by atoms with van der Waals surface area (Å²) >= 11 is 0. The summed E-state index contributed by atoms with van der Waals surface area (Å²) in [6.45, 7) is 1.91. The first kappa shape index (κ1) is 15.2. The maximum atomic E-state index is 13.9. The highest BCUT2D eigenvalue weighted by Gasteiger charge is 2.24. The Bertz CT molecular complexity index is 579. The molecule has 0 radical (unpaired) electrons. The minimum absolute atomic E-state index is 0.0230. The van der Waals surface area contributed by atoms with Crippen LogP contribution in [0.15, 0.2) is 24.3 Å². The molecule has 1 atom stereocenters. The van der Waals surface area contributed by atoms with Gasteiger partial charge in [0.1, 0.15) is 5.82 Å². The minimum atomic E-state index is -1.11. The molecule has 0 aliphatic heterocycles. The Labute approximate surface area is 122 Å². The van der Waals surface area contributed by atoms with Crippen LogP contribution in [0.25, 0.3) is 6.08 Å². The molecule has 1 aromatic carbocycles. The normalized spacial score (nSPS) is 15.9. The number of aliphatic carboxylic acids is 1. The number of carboxylic acid groups (broad SMARTS) is 1. The molecule has 2 N–H and O–H groups in total. The van der Waals surface area contributed by atoms with Crippen molar-refractivity contribution in [3.05, 3.63) is 41.2 Å². The molecule has 0 bridgehead atoms. The summed E-state index contributed by atoms with van der Waals surface area (Å²) in [6, 6.07) is 4.06. The lowest BCUT2D eigenvalue weighted by atomic mass is 10.1. The maximum absolute atomic E-state index is 13.9. The predicted molar refractivity (Wildman–Crippen MR) is 77.3 cm³/mol. The first-order chi connectivity index (χ1) is 9.95. The smallest absolute Gasteiger partial charge is 0.328 e. The average molecular weight is 291 g/mol. The molecule has 1 aromatic rings. The molecule has 2 rings (SSSR count). The van der Waals surface area contributed by atoms with Crippen molar-refractivity contribution in [1.82, 2.24) is 5.32 Å². The Balaban J connectivity index is 2.01. The van der Waals surface area contributed by atoms with Crippen molar-refractivity contribution in [2.24, 2.45) is 5.92 Å². The summed E-state index contributed by atoms with van der Waals surface area (Å²) in [6.07, 6.45) is 5.54. The molecule has 21 heavy (non-hydrogen) atoms. The molecule has 1 aliphatic carbocycles. The van der Waals surface area contributed by atoms with Crippen LogP contribution < -0.4 is 5.32 Å². The third kappa shape index (κ3) is 4.70. The summed E-state index contributed by atoms with van der Waals surface area (Å²) in [4.78, 5) is 22.4. The number of amides is 1. The first-order valence-electron chi connectivity index (χ1n) is 6.97. The zero-order valence-corrected chi connectivity index (χ0v) is 11.8. The number of halogens is 1. The largest absolute Gasteiger partial charge is 0.478 e. The molecule has 1 unspecified atom stereocenters. The Morgan fingerprint density at radius 1 is 1.48 bits per heavy atom. The number of nitrogens with one attached hydrogen (secondary N) is 1. The van der Waals surface area contributed by atoms with Gasteiger partial charge in [-0.2, -0.15) is 0 Å². The third-order valence-corrected chi connectivity index (χ3v) is 3.42. The highest BCUT2D eigenvalue weighted by atomic mass is 19.1. The number of hydrogen-bond donors (Lipinski definition) is 2. The van der Waals surface area contributed by atoms with Crippen LogP contribution in [0, 0.1) is 11.7 Å². The summed E-state index contributed by atoms with van der Waals surface area (Å²) in [5, 5.41) is 11.3. The average Bonchev–Trinajstić information content (AvgIpc) is 3.19. The van der Waals surface area contributed by atoms with Gasteiger partial charge < -0.3 is 10.4 Å². The standard InChI is InChI=1S/C16H18FNO3/c1-10(8-11-2-3-11)18-16(21)13-6-4-12(9-14(13)17)5-7-15(19)20/h4-7,9-11H,2-3,8H2,1H3,(H,18,21)(H,19,20). The van der Waals surface area contributed by atoms with Crippen LogP contribution in [0.3, 0.4) is 0 Å². The molecule has 1 saturated carbocycles. The molecule has 0 aromatic heterocycles. The van der Waals surface area contributed by atoms with Crippen LogP contribution >= 0.6 is 0 Å². The highest BCUT2D eigenvalue weighted by molar-refractivity contribution is 5.95. The lowest BCUT2D eigenvalue weighted by Crippen LogP contribution is -2.33. The lowest BCUT2D eigenvalue weighted by molar-refractivity contribution is -0.131. The number of benzene rings is 1. The zero-order valence-electron chi connectivity index (χ0n) is 11.8. The molecule has 1 amide bonds. The second kappa shape index (κ2) is 6.52. The van der Waals surface area contributed by atoms with Gasteiger partial charge in [-0.25, -0.2) is 9.18 Å². The Kier molecular flexibility index (Phi) is 4.73. The summed E-state index contributed by atoms with van der Waals surface area (Å²) in [5.41, 5.74) is 0.377. The van der Waals surface area contributed by atoms with E-state index >= 15 is 0 Å². The van der Waals surface area contributed by atoms with Crippen molar-refractivity contribution in [2.75, 3.05) is 0 Å². The Morgan fingerprint density at radius 2 is 2.19 bits per heavy atom. The quantitative estimate of drug-likeness (QED) is 0.792. The molecule has 0 saturated heterocycles. The van der Waals surface area contributed by atoms with E-state index in [1.807, 2.05) is 6.92 Å². The second-order valence-electron chi connectivity index (χ2n) is 5.46. The Hall–Kier alpha value is -2.17. The van der Waals surface area contributed by atoms with E-state index in [-0.39, 0.29) is 11.6 Å². The van der Waals surface area contributed by atoms with Crippen molar-refractivity contribution in [3.8, 4) is 0 Å². The van der Waals surface area contributed by atoms with Crippen LogP contribution in [-0.4, -0.2) is 23.0 Å². The van der Waals surface area contributed by atoms with E-state index in [1.165, 1.54) is 31.1 Å². The molecule has 4 nitrogen and oxygen atoms in total. The SMILES string of the molecule is CC(CC1CC1)NC(=O)c1ccc(C=CC(=O)O)cc1F. The maximum Gasteiger partial charge on any atom is 0.328 e. The summed E-state index contributed by atoms with van der Waals surface area (Å²) in [5.74, 6) is -1.51. The van der Waals surface area contributed by atoms with E-state index in [1.54, 1.807) is 0 Å². The van der Waals surface area contributed by atoms with Gasteiger partial charge in [0, 0.05) is 12.1 Å². The van der Waals surface area contributed by atoms with E-state index in [0.29, 0.717) is 11.5 Å². The first-order valence-corrected chi connectivity index (χ1v) is 6.97. The summed E-state index contributed by atoms with van der Waals surface area (Å²) in [7, 11) is 0. The van der Waals surface area contributed by atoms with Crippen molar-refractivity contribution in [2.45, 2.75) is 32.2 Å². The van der Waals surface area contributed by atoms with Crippen molar-refractivity contribution < 1.29 is 19.1 Å². The number of hydrogen-bond acceptors (Lipinski definition) is 2. The molecule has 0 heterocycles. The molecule has 5 heteroatoms. The highest BCUT2D eigenvalue weighted by Crippen LogP contribution is 2.33. The van der Waals surface area contributed by atoms with Gasteiger partial charge in [-0.05, 0) is 43.0 Å². The van der Waals surface area contributed by atoms with Gasteiger partial charge in [0.25, 0.3) is 5.91 Å². The van der Waals surface area contributed by atoms with Crippen molar-refractivity contribution in [3.63, 3.8) is 0 Å². The van der Waals surface area contributed by atoms with Gasteiger partial charge >= 0.3 is 5.97 Å². The monoisotopic (exact) mass is 291 g/mol. The van der Waals surface area contributed by atoms with Gasteiger partial charge in [0.2, 0.25) is 0 Å². The Morgan fingerprint density at radius 3 is 2.76 bits per heavy atom. The van der Waals surface area contributed by atoms with E-state index in [9.17, 15) is 14.0 Å². The van der Waals surface area contributed by atoms with E-state index < -0.39 is 17.7 Å². The molecule has 1 aliphatic rings. The van der Waals surface area contributed by atoms with Crippen LogP contribution in [0.2, 0.25) is 0 Å². The molecular weight excluding hydrogens is 273 g/mol. The second-order valence-corrected chi connectivity index (χ2v) is 5.46. The van der Waals surface area contributed by atoms with E-state index in [0.717, 1.165) is 18.6 Å². The fourth-order valence-corrected chi connectivity index (χ4v) is 2.20. The lowest BCUT2D eigenvalue weighted by Gasteiger charge is -2.13. The fraction of sp³-hybridized carbons (Fsp3) is 0.375. The predicted octanol–water partition coefficient (Wildman–Crippen LogP) is 2.84. The fourth-order valence-electron chi connectivity index (χ4n) is 2.20. The molecule has 0 spiro atoms. The number of carbonyl (C=O) groups is 2. The van der Waals surface area contributed by atoms with Crippen molar-refractivity contribution in [1.29, 1.82) is 0 Å². The van der Waals surface area contributed by atoms with Crippen LogP contribution in [0.1, 0.15) is 42.1 Å². The van der Waals surface area contributed by atoms with E-state index in [2.05, 4.69) is 5.32 Å². The number of carbonyl (C=O) groups excluding carboxylic acids is 1. The topological polar surface area (TPSA) is 66.4 Å². The third-order valence-electron chi connectivity index (χ3n) is 3.42. The van der Waals surface area contributed by atoms with Crippen molar-refractivity contribution >= 4 is 18.0 Å². The molecule has 112 valence electrons. The van der Waals surface area contributed by atoms with Gasteiger partial charge in [-0.1, -0.05) is 18.9 Å². The van der Waals surface area contributed by atoms with Gasteiger partial charge in [0.15, 0.2) is 0 Å². The number of carboxylic acids is 1. The summed E-state index contributed by atoms with van der Waals surface area (Å²) < 4.78 is 13.9. The van der Waals surface area contributed by atoms with Crippen LogP contribution in [-0.2, 0) is 4.79 Å². The van der Waals surface area contributed by atoms with E-state index in [4.69, 9.17) is 5.11 Å². The zero-order chi connectivity index (χ0) is 15.4.